The summed E-state index contributed by atoms with van der Waals surface area (Å²) in [6, 6.07) is 37.0. The summed E-state index contributed by atoms with van der Waals surface area (Å²) >= 11 is 0. The van der Waals surface area contributed by atoms with Gasteiger partial charge in [-0.15, -0.1) is 35.7 Å². The van der Waals surface area contributed by atoms with Crippen LogP contribution in [0, 0.1) is 32.9 Å². The van der Waals surface area contributed by atoms with Crippen LogP contribution in [-0.4, -0.2) is 19.3 Å². The molecule has 202 valence electrons. The van der Waals surface area contributed by atoms with Gasteiger partial charge in [0.2, 0.25) is 0 Å². The van der Waals surface area contributed by atoms with E-state index in [1.54, 1.807) is 6.07 Å². The quantitative estimate of drug-likeness (QED) is 0.169. The molecule has 7 aromatic rings. The monoisotopic (exact) mass is 714 g/mol. The van der Waals surface area contributed by atoms with Gasteiger partial charge in [-0.3, -0.25) is 4.68 Å². The third-order valence-corrected chi connectivity index (χ3v) is 7.18. The summed E-state index contributed by atoms with van der Waals surface area (Å²) in [5.41, 5.74) is 7.98. The first-order valence-corrected chi connectivity index (χ1v) is 13.2. The van der Waals surface area contributed by atoms with E-state index in [1.807, 2.05) is 97.5 Å². The fraction of sp³-hybridized carbons (Fsp3) is 0.0857. The molecule has 3 heterocycles. The van der Waals surface area contributed by atoms with Crippen LogP contribution in [0.2, 0.25) is 0 Å². The molecule has 0 saturated carbocycles. The number of hydrogen-bond acceptors (Lipinski definition) is 3. The maximum absolute atomic E-state index is 8.19. The number of para-hydroxylation sites is 1. The van der Waals surface area contributed by atoms with Crippen LogP contribution in [0.1, 0.15) is 18.3 Å². The van der Waals surface area contributed by atoms with Crippen molar-refractivity contribution in [3.05, 3.63) is 132 Å². The third-order valence-electron chi connectivity index (χ3n) is 7.18. The first kappa shape index (κ1) is 25.5. The summed E-state index contributed by atoms with van der Waals surface area (Å²) in [6.45, 7) is 6.15. The molecule has 4 aromatic carbocycles. The Kier molecular flexibility index (Phi) is 6.74. The Bertz CT molecular complexity index is 2080. The number of ether oxygens (including phenoxy) is 1. The molecule has 0 saturated heterocycles. The number of hydrogen-bond donors (Lipinski definition) is 0. The predicted molar refractivity (Wildman–Crippen MR) is 160 cm³/mol. The average Bonchev–Trinajstić information content (AvgIpc) is 3.46. The molecule has 0 aliphatic carbocycles. The smallest absolute Gasteiger partial charge is 0.509 e. The second-order valence-electron chi connectivity index (χ2n) is 9.88. The average molecular weight is 715 g/mol. The molecule has 0 bridgehead atoms. The molecular formula is C35H26N4OPt. The Hall–Kier alpha value is -4.47. The van der Waals surface area contributed by atoms with Crippen LogP contribution in [0.3, 0.4) is 0 Å². The standard InChI is InChI=1S/C35H26N4O.Pt/c1-23-18-19-36-34(20-23)38-32-15-8-7-14-30(32)31-17-16-29(22-33(31)38)40-28-13-9-12-27(21-28)39-25(3)35(24(2)37-39)26-10-5-4-6-11-26;/h4-20H,1-3H3;/q-2;+2/i7D;. The maximum Gasteiger partial charge on any atom is 2.00 e. The van der Waals surface area contributed by atoms with E-state index >= 15 is 0 Å². The van der Waals surface area contributed by atoms with Gasteiger partial charge in [0.05, 0.1) is 7.06 Å². The van der Waals surface area contributed by atoms with Crippen molar-refractivity contribution < 1.29 is 27.2 Å². The van der Waals surface area contributed by atoms with Gasteiger partial charge in [-0.05, 0) is 61.2 Å². The number of aryl methyl sites for hydroxylation is 2. The van der Waals surface area contributed by atoms with Crippen molar-refractivity contribution in [3.8, 4) is 34.1 Å². The molecule has 0 fully saturated rings. The van der Waals surface area contributed by atoms with Crippen LogP contribution >= 0.6 is 0 Å². The minimum absolute atomic E-state index is 0. The molecule has 6 heteroatoms. The van der Waals surface area contributed by atoms with Crippen LogP contribution < -0.4 is 4.74 Å². The molecule has 0 aliphatic rings. The zero-order valence-electron chi connectivity index (χ0n) is 23.8. The van der Waals surface area contributed by atoms with Gasteiger partial charge in [-0.25, -0.2) is 4.98 Å². The van der Waals surface area contributed by atoms with Gasteiger partial charge >= 0.3 is 21.1 Å². The van der Waals surface area contributed by atoms with E-state index in [0.717, 1.165) is 61.4 Å². The first-order chi connectivity index (χ1) is 20.0. The van der Waals surface area contributed by atoms with E-state index in [9.17, 15) is 0 Å². The SMILES string of the molecule is [2H]c1ccc2c(c1)c1ccc(Oc3[c-]c(-n4nc(C)c(-c5ccccc5)c4C)ccc3)[c-]c1n2-c1cc(C)ccn1.[Pt+2]. The zero-order chi connectivity index (χ0) is 28.1. The van der Waals surface area contributed by atoms with E-state index < -0.39 is 0 Å². The van der Waals surface area contributed by atoms with Crippen molar-refractivity contribution in [2.24, 2.45) is 0 Å². The molecule has 41 heavy (non-hydrogen) atoms. The summed E-state index contributed by atoms with van der Waals surface area (Å²) in [7, 11) is 0. The topological polar surface area (TPSA) is 44.9 Å². The molecule has 0 N–H and O–H groups in total. The van der Waals surface area contributed by atoms with E-state index in [-0.39, 0.29) is 21.1 Å². The Labute approximate surface area is 254 Å². The number of pyridine rings is 1. The fourth-order valence-electron chi connectivity index (χ4n) is 5.39. The summed E-state index contributed by atoms with van der Waals surface area (Å²) in [5.74, 6) is 1.92. The molecule has 5 nitrogen and oxygen atoms in total. The number of benzene rings is 4. The van der Waals surface area contributed by atoms with Crippen molar-refractivity contribution in [1.29, 1.82) is 0 Å². The molecule has 3 aromatic heterocycles. The summed E-state index contributed by atoms with van der Waals surface area (Å²) < 4.78 is 18.5. The second kappa shape index (κ2) is 10.8. The van der Waals surface area contributed by atoms with E-state index in [0.29, 0.717) is 17.5 Å². The molecule has 0 amide bonds. The van der Waals surface area contributed by atoms with Gasteiger partial charge in [0.25, 0.3) is 0 Å². The molecule has 0 aliphatic heterocycles. The third kappa shape index (κ3) is 4.77. The molecule has 0 radical (unpaired) electrons. The van der Waals surface area contributed by atoms with Gasteiger partial charge in [0.15, 0.2) is 0 Å². The fourth-order valence-corrected chi connectivity index (χ4v) is 5.39. The number of aromatic nitrogens is 4. The van der Waals surface area contributed by atoms with Crippen LogP contribution in [0.15, 0.2) is 103 Å². The zero-order valence-corrected chi connectivity index (χ0v) is 25.0. The molecule has 0 spiro atoms. The summed E-state index contributed by atoms with van der Waals surface area (Å²) in [6.07, 6.45) is 1.81. The van der Waals surface area contributed by atoms with Crippen LogP contribution in [0.25, 0.3) is 44.4 Å². The van der Waals surface area contributed by atoms with Crippen molar-refractivity contribution >= 4 is 21.8 Å². The number of fused-ring (bicyclic) bond motifs is 3. The second-order valence-corrected chi connectivity index (χ2v) is 9.88. The van der Waals surface area contributed by atoms with Crippen molar-refractivity contribution in [2.45, 2.75) is 20.8 Å². The maximum atomic E-state index is 8.19. The van der Waals surface area contributed by atoms with Gasteiger partial charge in [0, 0.05) is 34.5 Å². The van der Waals surface area contributed by atoms with E-state index in [2.05, 4.69) is 40.7 Å². The normalized spacial score (nSPS) is 11.4. The van der Waals surface area contributed by atoms with Crippen molar-refractivity contribution in [1.82, 2.24) is 19.3 Å². The van der Waals surface area contributed by atoms with Crippen LogP contribution in [0.4, 0.5) is 0 Å². The van der Waals surface area contributed by atoms with Crippen LogP contribution in [0.5, 0.6) is 11.5 Å². The van der Waals surface area contributed by atoms with E-state index in [4.69, 9.17) is 11.2 Å². The van der Waals surface area contributed by atoms with E-state index in [1.165, 1.54) is 0 Å². The predicted octanol–water partition coefficient (Wildman–Crippen LogP) is 8.35. The first-order valence-electron chi connectivity index (χ1n) is 13.7. The largest absolute Gasteiger partial charge is 2.00 e. The Balaban J connectivity index is 0.00000316. The number of rotatable bonds is 5. The Morgan fingerprint density at radius 1 is 0.805 bits per heavy atom. The van der Waals surface area contributed by atoms with Gasteiger partial charge in [-0.1, -0.05) is 54.0 Å². The van der Waals surface area contributed by atoms with Gasteiger partial charge < -0.3 is 9.30 Å². The van der Waals surface area contributed by atoms with Crippen molar-refractivity contribution in [2.75, 3.05) is 0 Å². The minimum atomic E-state index is 0. The Morgan fingerprint density at radius 2 is 1.63 bits per heavy atom. The minimum Gasteiger partial charge on any atom is -0.509 e. The molecule has 0 atom stereocenters. The summed E-state index contributed by atoms with van der Waals surface area (Å²) in [5, 5.41) is 6.79. The molecular weight excluding hydrogens is 687 g/mol. The van der Waals surface area contributed by atoms with Crippen LogP contribution in [-0.2, 0) is 21.1 Å². The number of nitrogens with zero attached hydrogens (tertiary/aromatic N) is 4. The van der Waals surface area contributed by atoms with Crippen molar-refractivity contribution in [3.63, 3.8) is 0 Å². The summed E-state index contributed by atoms with van der Waals surface area (Å²) in [4.78, 5) is 4.64. The molecule has 0 unspecified atom stereocenters. The Morgan fingerprint density at radius 3 is 2.46 bits per heavy atom. The van der Waals surface area contributed by atoms with Gasteiger partial charge in [-0.2, -0.15) is 17.2 Å². The van der Waals surface area contributed by atoms with Gasteiger partial charge in [0.1, 0.15) is 5.82 Å². The molecule has 7 rings (SSSR count).